The van der Waals surface area contributed by atoms with Crippen LogP contribution in [0.4, 0.5) is 4.39 Å². The highest BCUT2D eigenvalue weighted by Gasteiger charge is 2.32. The van der Waals surface area contributed by atoms with Gasteiger partial charge in [0.2, 0.25) is 5.91 Å². The molecule has 1 aromatic rings. The van der Waals surface area contributed by atoms with Crippen LogP contribution in [0.3, 0.4) is 0 Å². The largest absolute Gasteiger partial charge is 0.492 e. The zero-order valence-electron chi connectivity index (χ0n) is 11.0. The molecule has 19 heavy (non-hydrogen) atoms. The standard InChI is InChI=1S/C14H19FN2O2/c1-10-8-17(9-13(10)14(16)18)6-7-19-12-4-2-11(15)3-5-12/h2-5,10,13H,6-9H2,1H3,(H2,16,18)/t10-,13-/m1/s1. The number of primary amides is 1. The van der Waals surface area contributed by atoms with Gasteiger partial charge in [-0.15, -0.1) is 0 Å². The summed E-state index contributed by atoms with van der Waals surface area (Å²) in [6.07, 6.45) is 0. The highest BCUT2D eigenvalue weighted by atomic mass is 19.1. The molecule has 0 saturated carbocycles. The predicted octanol–water partition coefficient (Wildman–Crippen LogP) is 1.26. The van der Waals surface area contributed by atoms with Crippen LogP contribution in [0, 0.1) is 17.7 Å². The Kier molecular flexibility index (Phi) is 4.37. The van der Waals surface area contributed by atoms with E-state index in [9.17, 15) is 9.18 Å². The number of benzene rings is 1. The summed E-state index contributed by atoms with van der Waals surface area (Å²) in [5, 5.41) is 0. The van der Waals surface area contributed by atoms with Crippen LogP contribution in [-0.4, -0.2) is 37.0 Å². The molecule has 5 heteroatoms. The van der Waals surface area contributed by atoms with Crippen molar-refractivity contribution >= 4 is 5.91 Å². The molecule has 0 aromatic heterocycles. The molecule has 4 nitrogen and oxygen atoms in total. The lowest BCUT2D eigenvalue weighted by Crippen LogP contribution is -2.30. The number of rotatable bonds is 5. The first-order valence-electron chi connectivity index (χ1n) is 6.46. The molecular weight excluding hydrogens is 247 g/mol. The molecular formula is C14H19FN2O2. The fourth-order valence-electron chi connectivity index (χ4n) is 2.44. The molecule has 1 aliphatic heterocycles. The molecule has 2 rings (SSSR count). The summed E-state index contributed by atoms with van der Waals surface area (Å²) >= 11 is 0. The van der Waals surface area contributed by atoms with Crippen LogP contribution in [0.25, 0.3) is 0 Å². The van der Waals surface area contributed by atoms with Crippen LogP contribution in [0.5, 0.6) is 5.75 Å². The molecule has 0 bridgehead atoms. The van der Waals surface area contributed by atoms with Crippen molar-refractivity contribution in [3.05, 3.63) is 30.1 Å². The van der Waals surface area contributed by atoms with Crippen LogP contribution in [0.15, 0.2) is 24.3 Å². The second kappa shape index (κ2) is 6.02. The third-order valence-corrected chi connectivity index (χ3v) is 3.54. The number of hydrogen-bond donors (Lipinski definition) is 1. The van der Waals surface area contributed by atoms with Gasteiger partial charge in [0.25, 0.3) is 0 Å². The zero-order valence-corrected chi connectivity index (χ0v) is 11.0. The minimum atomic E-state index is -0.273. The van der Waals surface area contributed by atoms with E-state index in [1.54, 1.807) is 12.1 Å². The highest BCUT2D eigenvalue weighted by Crippen LogP contribution is 2.22. The molecule has 1 heterocycles. The Labute approximate surface area is 112 Å². The van der Waals surface area contributed by atoms with Crippen molar-refractivity contribution in [2.75, 3.05) is 26.2 Å². The molecule has 2 N–H and O–H groups in total. The van der Waals surface area contributed by atoms with E-state index in [1.165, 1.54) is 12.1 Å². The quantitative estimate of drug-likeness (QED) is 0.873. The van der Waals surface area contributed by atoms with Gasteiger partial charge in [-0.05, 0) is 30.2 Å². The average Bonchev–Trinajstić information content (AvgIpc) is 2.73. The molecule has 1 amide bonds. The molecule has 1 aliphatic rings. The van der Waals surface area contributed by atoms with Crippen molar-refractivity contribution < 1.29 is 13.9 Å². The summed E-state index contributed by atoms with van der Waals surface area (Å²) in [4.78, 5) is 13.4. The number of carbonyl (C=O) groups excluding carboxylic acids is 1. The van der Waals surface area contributed by atoms with Crippen LogP contribution in [0.2, 0.25) is 0 Å². The van der Waals surface area contributed by atoms with E-state index in [-0.39, 0.29) is 17.6 Å². The lowest BCUT2D eigenvalue weighted by molar-refractivity contribution is -0.122. The molecule has 2 atom stereocenters. The number of halogens is 1. The van der Waals surface area contributed by atoms with Gasteiger partial charge in [-0.25, -0.2) is 4.39 Å². The van der Waals surface area contributed by atoms with Crippen molar-refractivity contribution in [1.82, 2.24) is 4.90 Å². The molecule has 0 radical (unpaired) electrons. The maximum absolute atomic E-state index is 12.7. The van der Waals surface area contributed by atoms with Crippen LogP contribution in [0.1, 0.15) is 6.92 Å². The Bertz CT molecular complexity index is 436. The van der Waals surface area contributed by atoms with Crippen molar-refractivity contribution in [1.29, 1.82) is 0 Å². The maximum Gasteiger partial charge on any atom is 0.222 e. The van der Waals surface area contributed by atoms with E-state index >= 15 is 0 Å². The number of nitrogens with zero attached hydrogens (tertiary/aromatic N) is 1. The fraction of sp³-hybridized carbons (Fsp3) is 0.500. The lowest BCUT2D eigenvalue weighted by atomic mass is 9.98. The van der Waals surface area contributed by atoms with Crippen molar-refractivity contribution in [2.45, 2.75) is 6.92 Å². The number of likely N-dealkylation sites (tertiary alicyclic amines) is 1. The van der Waals surface area contributed by atoms with E-state index in [2.05, 4.69) is 4.90 Å². The predicted molar refractivity (Wildman–Crippen MR) is 70.2 cm³/mol. The van der Waals surface area contributed by atoms with Gasteiger partial charge in [0.1, 0.15) is 18.2 Å². The van der Waals surface area contributed by atoms with Gasteiger partial charge < -0.3 is 10.5 Å². The van der Waals surface area contributed by atoms with E-state index in [0.29, 0.717) is 24.8 Å². The number of nitrogens with two attached hydrogens (primary N) is 1. The van der Waals surface area contributed by atoms with Crippen molar-refractivity contribution in [3.8, 4) is 5.75 Å². The second-order valence-corrected chi connectivity index (χ2v) is 5.05. The Morgan fingerprint density at radius 3 is 2.68 bits per heavy atom. The minimum absolute atomic E-state index is 0.0641. The second-order valence-electron chi connectivity index (χ2n) is 5.05. The first kappa shape index (κ1) is 13.8. The smallest absolute Gasteiger partial charge is 0.222 e. The fourth-order valence-corrected chi connectivity index (χ4v) is 2.44. The lowest BCUT2D eigenvalue weighted by Gasteiger charge is -2.15. The van der Waals surface area contributed by atoms with Gasteiger partial charge in [0.15, 0.2) is 0 Å². The Balaban J connectivity index is 1.75. The molecule has 1 saturated heterocycles. The van der Waals surface area contributed by atoms with Crippen LogP contribution in [-0.2, 0) is 4.79 Å². The van der Waals surface area contributed by atoms with Gasteiger partial charge in [-0.1, -0.05) is 6.92 Å². The minimum Gasteiger partial charge on any atom is -0.492 e. The van der Waals surface area contributed by atoms with Gasteiger partial charge in [-0.2, -0.15) is 0 Å². The van der Waals surface area contributed by atoms with E-state index in [4.69, 9.17) is 10.5 Å². The normalized spacial score (nSPS) is 23.5. The Morgan fingerprint density at radius 1 is 1.42 bits per heavy atom. The monoisotopic (exact) mass is 266 g/mol. The molecule has 104 valence electrons. The van der Waals surface area contributed by atoms with Gasteiger partial charge in [0.05, 0.1) is 5.92 Å². The van der Waals surface area contributed by atoms with E-state index in [1.807, 2.05) is 6.92 Å². The third kappa shape index (κ3) is 3.67. The summed E-state index contributed by atoms with van der Waals surface area (Å²) < 4.78 is 18.2. The summed E-state index contributed by atoms with van der Waals surface area (Å²) in [5.74, 6) is 0.383. The molecule has 1 fully saturated rings. The van der Waals surface area contributed by atoms with Gasteiger partial charge in [-0.3, -0.25) is 9.69 Å². The third-order valence-electron chi connectivity index (χ3n) is 3.54. The average molecular weight is 266 g/mol. The van der Waals surface area contributed by atoms with Crippen LogP contribution < -0.4 is 10.5 Å². The van der Waals surface area contributed by atoms with Crippen molar-refractivity contribution in [3.63, 3.8) is 0 Å². The maximum atomic E-state index is 12.7. The van der Waals surface area contributed by atoms with E-state index in [0.717, 1.165) is 13.1 Å². The van der Waals surface area contributed by atoms with Crippen molar-refractivity contribution in [2.24, 2.45) is 17.6 Å². The van der Waals surface area contributed by atoms with Crippen LogP contribution >= 0.6 is 0 Å². The number of hydrogen-bond acceptors (Lipinski definition) is 3. The summed E-state index contributed by atoms with van der Waals surface area (Å²) in [5.41, 5.74) is 5.35. The number of amides is 1. The summed E-state index contributed by atoms with van der Waals surface area (Å²) in [7, 11) is 0. The zero-order chi connectivity index (χ0) is 13.8. The van der Waals surface area contributed by atoms with Gasteiger partial charge in [0, 0.05) is 19.6 Å². The summed E-state index contributed by atoms with van der Waals surface area (Å²) in [6, 6.07) is 5.95. The Morgan fingerprint density at radius 2 is 2.11 bits per heavy atom. The number of ether oxygens (including phenoxy) is 1. The first-order chi connectivity index (χ1) is 9.06. The molecule has 0 unspecified atom stereocenters. The molecule has 1 aromatic carbocycles. The topological polar surface area (TPSA) is 55.6 Å². The SMILES string of the molecule is C[C@@H]1CN(CCOc2ccc(F)cc2)C[C@H]1C(N)=O. The van der Waals surface area contributed by atoms with Gasteiger partial charge >= 0.3 is 0 Å². The first-order valence-corrected chi connectivity index (χ1v) is 6.46. The van der Waals surface area contributed by atoms with E-state index < -0.39 is 0 Å². The molecule has 0 spiro atoms. The summed E-state index contributed by atoms with van der Waals surface area (Å²) in [6.45, 7) is 4.86. The highest BCUT2D eigenvalue weighted by molar-refractivity contribution is 5.77. The number of carbonyl (C=O) groups is 1. The molecule has 0 aliphatic carbocycles. The Hall–Kier alpha value is -1.62.